The van der Waals surface area contributed by atoms with Crippen molar-refractivity contribution in [3.63, 3.8) is 0 Å². The molecule has 3 aromatic rings. The van der Waals surface area contributed by atoms with E-state index >= 15 is 0 Å². The summed E-state index contributed by atoms with van der Waals surface area (Å²) in [5.41, 5.74) is 2.34. The number of benzene rings is 2. The van der Waals surface area contributed by atoms with Crippen LogP contribution in [0.2, 0.25) is 0 Å². The van der Waals surface area contributed by atoms with E-state index in [0.717, 1.165) is 16.0 Å². The Morgan fingerprint density at radius 3 is 2.39 bits per heavy atom. The lowest BCUT2D eigenvalue weighted by Gasteiger charge is -2.29. The van der Waals surface area contributed by atoms with Crippen molar-refractivity contribution in [2.24, 2.45) is 0 Å². The first-order chi connectivity index (χ1) is 16.0. The number of methoxy groups -OCH3 is 3. The number of nitrogens with zero attached hydrogens (tertiary/aromatic N) is 1. The largest absolute Gasteiger partial charge is 0.493 e. The zero-order chi connectivity index (χ0) is 23.4. The summed E-state index contributed by atoms with van der Waals surface area (Å²) in [5.74, 6) is 1.15. The monoisotopic (exact) mass is 466 g/mol. The Balaban J connectivity index is 1.67. The highest BCUT2D eigenvalue weighted by Gasteiger charge is 2.35. The number of hydrogen-bond donors (Lipinski definition) is 1. The van der Waals surface area contributed by atoms with Crippen LogP contribution in [0.25, 0.3) is 0 Å². The van der Waals surface area contributed by atoms with Crippen LogP contribution in [0.3, 0.4) is 0 Å². The van der Waals surface area contributed by atoms with Crippen LogP contribution >= 0.6 is 11.3 Å². The van der Waals surface area contributed by atoms with Crippen molar-refractivity contribution in [1.82, 2.24) is 10.2 Å². The van der Waals surface area contributed by atoms with E-state index in [-0.39, 0.29) is 18.2 Å². The van der Waals surface area contributed by atoms with E-state index in [1.54, 1.807) is 42.6 Å². The van der Waals surface area contributed by atoms with Gasteiger partial charge in [-0.3, -0.25) is 9.59 Å². The van der Waals surface area contributed by atoms with Crippen LogP contribution in [0, 0.1) is 0 Å². The summed E-state index contributed by atoms with van der Waals surface area (Å²) in [6, 6.07) is 14.5. The van der Waals surface area contributed by atoms with Crippen LogP contribution in [0.15, 0.2) is 53.9 Å². The maximum absolute atomic E-state index is 13.3. The van der Waals surface area contributed by atoms with Gasteiger partial charge in [-0.25, -0.2) is 0 Å². The van der Waals surface area contributed by atoms with Gasteiger partial charge in [0.05, 0.1) is 40.3 Å². The molecule has 1 aliphatic heterocycles. The summed E-state index contributed by atoms with van der Waals surface area (Å²) in [7, 11) is 4.62. The van der Waals surface area contributed by atoms with Gasteiger partial charge in [0.2, 0.25) is 11.7 Å². The molecule has 1 N–H and O–H groups in total. The van der Waals surface area contributed by atoms with E-state index in [1.165, 1.54) is 7.11 Å². The number of fused-ring (bicyclic) bond motifs is 1. The van der Waals surface area contributed by atoms with Crippen molar-refractivity contribution in [1.29, 1.82) is 0 Å². The SMILES string of the molecule is COc1cc([C@@H](CC(=O)NCc2cccs2)N2Cc3ccccc3C2=O)cc(OC)c1OC. The third kappa shape index (κ3) is 4.66. The molecule has 1 aliphatic rings. The molecule has 0 saturated carbocycles. The number of carbonyl (C=O) groups is 2. The van der Waals surface area contributed by atoms with Crippen molar-refractivity contribution in [3.05, 3.63) is 75.5 Å². The van der Waals surface area contributed by atoms with Crippen LogP contribution in [-0.2, 0) is 17.9 Å². The molecule has 0 spiro atoms. The van der Waals surface area contributed by atoms with Gasteiger partial charge in [-0.1, -0.05) is 24.3 Å². The number of rotatable bonds is 9. The van der Waals surface area contributed by atoms with Crippen LogP contribution in [0.1, 0.15) is 38.8 Å². The Morgan fingerprint density at radius 1 is 1.06 bits per heavy atom. The van der Waals surface area contributed by atoms with Crippen molar-refractivity contribution in [2.75, 3.05) is 21.3 Å². The van der Waals surface area contributed by atoms with Crippen molar-refractivity contribution < 1.29 is 23.8 Å². The summed E-state index contributed by atoms with van der Waals surface area (Å²) in [4.78, 5) is 29.0. The molecule has 172 valence electrons. The highest BCUT2D eigenvalue weighted by Crippen LogP contribution is 2.42. The predicted octanol–water partition coefficient (Wildman–Crippen LogP) is 4.18. The van der Waals surface area contributed by atoms with Crippen LogP contribution < -0.4 is 19.5 Å². The minimum Gasteiger partial charge on any atom is -0.493 e. The van der Waals surface area contributed by atoms with Crippen LogP contribution in [0.4, 0.5) is 0 Å². The molecule has 33 heavy (non-hydrogen) atoms. The second-order valence-electron chi connectivity index (χ2n) is 7.62. The van der Waals surface area contributed by atoms with Crippen LogP contribution in [-0.4, -0.2) is 38.0 Å². The highest BCUT2D eigenvalue weighted by molar-refractivity contribution is 7.09. The molecule has 2 amide bonds. The van der Waals surface area contributed by atoms with E-state index in [0.29, 0.717) is 35.9 Å². The molecule has 1 aromatic heterocycles. The summed E-state index contributed by atoms with van der Waals surface area (Å²) < 4.78 is 16.5. The maximum atomic E-state index is 13.3. The van der Waals surface area contributed by atoms with Crippen molar-refractivity contribution in [3.8, 4) is 17.2 Å². The number of hydrogen-bond acceptors (Lipinski definition) is 6. The van der Waals surface area contributed by atoms with E-state index in [2.05, 4.69) is 5.32 Å². The fraction of sp³-hybridized carbons (Fsp3) is 0.280. The quantitative estimate of drug-likeness (QED) is 0.512. The Hall–Kier alpha value is -3.52. The van der Waals surface area contributed by atoms with Gasteiger partial charge in [0, 0.05) is 17.0 Å². The lowest BCUT2D eigenvalue weighted by Crippen LogP contribution is -2.34. The second kappa shape index (κ2) is 9.95. The van der Waals surface area contributed by atoms with Gasteiger partial charge in [-0.15, -0.1) is 11.3 Å². The topological polar surface area (TPSA) is 77.1 Å². The molecular weight excluding hydrogens is 440 g/mol. The van der Waals surface area contributed by atoms with Gasteiger partial charge in [0.1, 0.15) is 0 Å². The third-order valence-electron chi connectivity index (χ3n) is 5.72. The minimum atomic E-state index is -0.512. The Kier molecular flexibility index (Phi) is 6.84. The molecule has 2 aromatic carbocycles. The van der Waals surface area contributed by atoms with Crippen LogP contribution in [0.5, 0.6) is 17.2 Å². The number of amides is 2. The lowest BCUT2D eigenvalue weighted by atomic mass is 10.00. The average Bonchev–Trinajstić information content (AvgIpc) is 3.48. The normalized spacial score (nSPS) is 13.4. The molecule has 0 bridgehead atoms. The van der Waals surface area contributed by atoms with Gasteiger partial charge in [-0.2, -0.15) is 0 Å². The lowest BCUT2D eigenvalue weighted by molar-refractivity contribution is -0.122. The molecule has 4 rings (SSSR count). The van der Waals surface area contributed by atoms with E-state index < -0.39 is 6.04 Å². The zero-order valence-electron chi connectivity index (χ0n) is 18.8. The van der Waals surface area contributed by atoms with E-state index in [4.69, 9.17) is 14.2 Å². The molecule has 0 unspecified atom stereocenters. The standard InChI is InChI=1S/C25H26N2O5S/c1-30-21-11-17(12-22(31-2)24(21)32-3)20(13-23(28)26-14-18-8-6-10-33-18)27-15-16-7-4-5-9-19(16)25(27)29/h4-12,20H,13-15H2,1-3H3,(H,26,28)/t20-/m1/s1. The molecule has 1 atom stereocenters. The zero-order valence-corrected chi connectivity index (χ0v) is 19.6. The molecule has 2 heterocycles. The first kappa shape index (κ1) is 22.7. The van der Waals surface area contributed by atoms with Gasteiger partial charge in [0.15, 0.2) is 11.5 Å². The molecule has 0 aliphatic carbocycles. The van der Waals surface area contributed by atoms with E-state index in [9.17, 15) is 9.59 Å². The summed E-state index contributed by atoms with van der Waals surface area (Å²) in [5, 5.41) is 4.94. The minimum absolute atomic E-state index is 0.101. The Morgan fingerprint density at radius 2 is 1.79 bits per heavy atom. The number of thiophene rings is 1. The fourth-order valence-corrected chi connectivity index (χ4v) is 4.72. The highest BCUT2D eigenvalue weighted by atomic mass is 32.1. The Labute approximate surface area is 196 Å². The van der Waals surface area contributed by atoms with Gasteiger partial charge < -0.3 is 24.4 Å². The summed E-state index contributed by atoms with van der Waals surface area (Å²) in [6.07, 6.45) is 0.101. The van der Waals surface area contributed by atoms with Crippen molar-refractivity contribution >= 4 is 23.2 Å². The van der Waals surface area contributed by atoms with Gasteiger partial charge in [-0.05, 0) is 40.8 Å². The molecule has 0 saturated heterocycles. The van der Waals surface area contributed by atoms with Crippen molar-refractivity contribution in [2.45, 2.75) is 25.6 Å². The smallest absolute Gasteiger partial charge is 0.255 e. The van der Waals surface area contributed by atoms with Gasteiger partial charge >= 0.3 is 0 Å². The molecule has 7 nitrogen and oxygen atoms in total. The molecular formula is C25H26N2O5S. The molecule has 8 heteroatoms. The van der Waals surface area contributed by atoms with Gasteiger partial charge in [0.25, 0.3) is 5.91 Å². The average molecular weight is 467 g/mol. The predicted molar refractivity (Wildman–Crippen MR) is 126 cm³/mol. The second-order valence-corrected chi connectivity index (χ2v) is 8.66. The Bertz CT molecular complexity index is 1120. The number of nitrogens with one attached hydrogen (secondary N) is 1. The first-order valence-electron chi connectivity index (χ1n) is 10.5. The van der Waals surface area contributed by atoms with E-state index in [1.807, 2.05) is 41.8 Å². The maximum Gasteiger partial charge on any atom is 0.255 e. The number of ether oxygens (including phenoxy) is 3. The molecule has 0 radical (unpaired) electrons. The third-order valence-corrected chi connectivity index (χ3v) is 6.59. The fourth-order valence-electron chi connectivity index (χ4n) is 4.08. The first-order valence-corrected chi connectivity index (χ1v) is 11.4. The molecule has 0 fully saturated rings. The summed E-state index contributed by atoms with van der Waals surface area (Å²) >= 11 is 1.59. The summed E-state index contributed by atoms with van der Waals surface area (Å²) in [6.45, 7) is 0.876. The number of carbonyl (C=O) groups excluding carboxylic acids is 2.